The van der Waals surface area contributed by atoms with Crippen molar-refractivity contribution in [3.05, 3.63) is 69.7 Å². The maximum atomic E-state index is 13.1. The lowest BCUT2D eigenvalue weighted by molar-refractivity contribution is -0.140. The van der Waals surface area contributed by atoms with Crippen molar-refractivity contribution in [1.82, 2.24) is 10.2 Å². The molecule has 0 bridgehead atoms. The zero-order valence-electron chi connectivity index (χ0n) is 16.3. The van der Waals surface area contributed by atoms with Gasteiger partial charge in [0, 0.05) is 13.1 Å². The Balaban J connectivity index is 2.20. The van der Waals surface area contributed by atoms with E-state index < -0.39 is 6.04 Å². The van der Waals surface area contributed by atoms with Gasteiger partial charge in [-0.3, -0.25) is 9.59 Å². The number of hydrogen-bond acceptors (Lipinski definition) is 2. The molecule has 0 saturated heterocycles. The van der Waals surface area contributed by atoms with E-state index in [4.69, 9.17) is 23.2 Å². The normalized spacial score (nSPS) is 11.7. The number of halogens is 2. The lowest BCUT2D eigenvalue weighted by Crippen LogP contribution is -2.50. The fourth-order valence-corrected chi connectivity index (χ4v) is 3.43. The van der Waals surface area contributed by atoms with Crippen LogP contribution in [0.1, 0.15) is 31.4 Å². The lowest BCUT2D eigenvalue weighted by Gasteiger charge is -2.30. The first-order valence-electron chi connectivity index (χ1n) is 9.51. The summed E-state index contributed by atoms with van der Waals surface area (Å²) in [7, 11) is 0. The summed E-state index contributed by atoms with van der Waals surface area (Å²) in [4.78, 5) is 27.3. The molecular formula is C22H26Cl2N2O2. The minimum Gasteiger partial charge on any atom is -0.355 e. The SMILES string of the molecule is CCNC(=O)[C@H](CC)N(CCc1ccccc1)C(=O)Cc1ccc(Cl)c(Cl)c1. The van der Waals surface area contributed by atoms with Crippen LogP contribution in [0, 0.1) is 0 Å². The van der Waals surface area contributed by atoms with Gasteiger partial charge in [-0.05, 0) is 43.0 Å². The molecule has 0 heterocycles. The number of nitrogens with one attached hydrogen (secondary N) is 1. The van der Waals surface area contributed by atoms with Gasteiger partial charge in [0.2, 0.25) is 11.8 Å². The smallest absolute Gasteiger partial charge is 0.242 e. The van der Waals surface area contributed by atoms with Gasteiger partial charge >= 0.3 is 0 Å². The van der Waals surface area contributed by atoms with E-state index in [1.807, 2.05) is 44.2 Å². The molecule has 2 rings (SSSR count). The predicted molar refractivity (Wildman–Crippen MR) is 115 cm³/mol. The summed E-state index contributed by atoms with van der Waals surface area (Å²) < 4.78 is 0. The third-order valence-electron chi connectivity index (χ3n) is 4.56. The standard InChI is InChI=1S/C22H26Cl2N2O2/c1-3-20(22(28)25-4-2)26(13-12-16-8-6-5-7-9-16)21(27)15-17-10-11-18(23)19(24)14-17/h5-11,14,20H,3-4,12-13,15H2,1-2H3,(H,25,28)/t20-/m0/s1. The average molecular weight is 421 g/mol. The van der Waals surface area contributed by atoms with Crippen LogP contribution in [0.5, 0.6) is 0 Å². The molecule has 2 amide bonds. The summed E-state index contributed by atoms with van der Waals surface area (Å²) in [5.41, 5.74) is 1.90. The van der Waals surface area contributed by atoms with Crippen LogP contribution in [-0.4, -0.2) is 35.8 Å². The van der Waals surface area contributed by atoms with Gasteiger partial charge in [-0.1, -0.05) is 66.5 Å². The number of carbonyl (C=O) groups excluding carboxylic acids is 2. The van der Waals surface area contributed by atoms with E-state index in [0.29, 0.717) is 36.0 Å². The number of likely N-dealkylation sites (N-methyl/N-ethyl adjacent to an activating group) is 1. The van der Waals surface area contributed by atoms with Gasteiger partial charge in [0.05, 0.1) is 16.5 Å². The van der Waals surface area contributed by atoms with E-state index >= 15 is 0 Å². The molecule has 0 spiro atoms. The Morgan fingerprint density at radius 3 is 2.32 bits per heavy atom. The van der Waals surface area contributed by atoms with Gasteiger partial charge < -0.3 is 10.2 Å². The Labute approximate surface area is 176 Å². The second-order valence-corrected chi connectivity index (χ2v) is 7.38. The number of benzene rings is 2. The summed E-state index contributed by atoms with van der Waals surface area (Å²) in [5.74, 6) is -0.229. The Hall–Kier alpha value is -2.04. The van der Waals surface area contributed by atoms with Crippen LogP contribution in [0.25, 0.3) is 0 Å². The average Bonchev–Trinajstić information content (AvgIpc) is 2.68. The fraction of sp³-hybridized carbons (Fsp3) is 0.364. The second-order valence-electron chi connectivity index (χ2n) is 6.57. The molecule has 150 valence electrons. The van der Waals surface area contributed by atoms with E-state index in [2.05, 4.69) is 5.32 Å². The second kappa shape index (κ2) is 11.1. The Kier molecular flexibility index (Phi) is 8.81. The van der Waals surface area contributed by atoms with Gasteiger partial charge in [-0.2, -0.15) is 0 Å². The number of carbonyl (C=O) groups is 2. The molecule has 2 aromatic carbocycles. The highest BCUT2D eigenvalue weighted by molar-refractivity contribution is 6.42. The molecule has 0 aromatic heterocycles. The third kappa shape index (κ3) is 6.25. The van der Waals surface area contributed by atoms with E-state index in [-0.39, 0.29) is 18.2 Å². The first-order chi connectivity index (χ1) is 13.5. The molecule has 2 aromatic rings. The van der Waals surface area contributed by atoms with Gasteiger partial charge in [-0.25, -0.2) is 0 Å². The minimum absolute atomic E-state index is 0.104. The van der Waals surface area contributed by atoms with Crippen LogP contribution in [0.4, 0.5) is 0 Å². The van der Waals surface area contributed by atoms with Crippen molar-refractivity contribution >= 4 is 35.0 Å². The summed E-state index contributed by atoms with van der Waals surface area (Å²) in [6.45, 7) is 4.79. The molecule has 0 unspecified atom stereocenters. The molecule has 0 saturated carbocycles. The van der Waals surface area contributed by atoms with Crippen molar-refractivity contribution in [3.8, 4) is 0 Å². The van der Waals surface area contributed by atoms with Gasteiger partial charge in [-0.15, -0.1) is 0 Å². The summed E-state index contributed by atoms with van der Waals surface area (Å²) in [5, 5.41) is 3.71. The van der Waals surface area contributed by atoms with E-state index in [0.717, 1.165) is 11.1 Å². The maximum Gasteiger partial charge on any atom is 0.242 e. The number of nitrogens with zero attached hydrogens (tertiary/aromatic N) is 1. The van der Waals surface area contributed by atoms with E-state index in [1.165, 1.54) is 0 Å². The van der Waals surface area contributed by atoms with Crippen molar-refractivity contribution in [3.63, 3.8) is 0 Å². The Bertz CT molecular complexity index is 796. The predicted octanol–water partition coefficient (Wildman–Crippen LogP) is 4.52. The third-order valence-corrected chi connectivity index (χ3v) is 5.30. The van der Waals surface area contributed by atoms with Crippen LogP contribution in [-0.2, 0) is 22.4 Å². The molecule has 0 aliphatic rings. The molecule has 1 N–H and O–H groups in total. The maximum absolute atomic E-state index is 13.1. The molecule has 28 heavy (non-hydrogen) atoms. The van der Waals surface area contributed by atoms with Crippen molar-refractivity contribution in [1.29, 1.82) is 0 Å². The quantitative estimate of drug-likeness (QED) is 0.647. The summed E-state index contributed by atoms with van der Waals surface area (Å²) in [6, 6.07) is 14.6. The van der Waals surface area contributed by atoms with Crippen LogP contribution in [0.3, 0.4) is 0 Å². The molecular weight excluding hydrogens is 395 g/mol. The highest BCUT2D eigenvalue weighted by atomic mass is 35.5. The van der Waals surface area contributed by atoms with Crippen molar-refractivity contribution in [2.45, 2.75) is 39.2 Å². The largest absolute Gasteiger partial charge is 0.355 e. The molecule has 6 heteroatoms. The highest BCUT2D eigenvalue weighted by Crippen LogP contribution is 2.23. The van der Waals surface area contributed by atoms with Gasteiger partial charge in [0.15, 0.2) is 0 Å². The fourth-order valence-electron chi connectivity index (χ4n) is 3.11. The molecule has 0 fully saturated rings. The van der Waals surface area contributed by atoms with E-state index in [9.17, 15) is 9.59 Å². The highest BCUT2D eigenvalue weighted by Gasteiger charge is 2.28. The monoisotopic (exact) mass is 420 g/mol. The topological polar surface area (TPSA) is 49.4 Å². The minimum atomic E-state index is -0.501. The van der Waals surface area contributed by atoms with Crippen LogP contribution < -0.4 is 5.32 Å². The van der Waals surface area contributed by atoms with Gasteiger partial charge in [0.1, 0.15) is 6.04 Å². The molecule has 0 aliphatic heterocycles. The summed E-state index contributed by atoms with van der Waals surface area (Å²) in [6.07, 6.45) is 1.40. The number of amides is 2. The Morgan fingerprint density at radius 2 is 1.71 bits per heavy atom. The van der Waals surface area contributed by atoms with Crippen LogP contribution in [0.15, 0.2) is 48.5 Å². The zero-order valence-corrected chi connectivity index (χ0v) is 17.8. The number of rotatable bonds is 9. The summed E-state index contributed by atoms with van der Waals surface area (Å²) >= 11 is 12.0. The van der Waals surface area contributed by atoms with Crippen LogP contribution >= 0.6 is 23.2 Å². The van der Waals surface area contributed by atoms with Crippen molar-refractivity contribution in [2.24, 2.45) is 0 Å². The van der Waals surface area contributed by atoms with Crippen molar-refractivity contribution in [2.75, 3.05) is 13.1 Å². The lowest BCUT2D eigenvalue weighted by atomic mass is 10.1. The molecule has 1 atom stereocenters. The molecule has 0 radical (unpaired) electrons. The molecule has 4 nitrogen and oxygen atoms in total. The van der Waals surface area contributed by atoms with Crippen LogP contribution in [0.2, 0.25) is 10.0 Å². The number of hydrogen-bond donors (Lipinski definition) is 1. The van der Waals surface area contributed by atoms with E-state index in [1.54, 1.807) is 23.1 Å². The Morgan fingerprint density at radius 1 is 1.00 bits per heavy atom. The van der Waals surface area contributed by atoms with Gasteiger partial charge in [0.25, 0.3) is 0 Å². The van der Waals surface area contributed by atoms with Crippen molar-refractivity contribution < 1.29 is 9.59 Å². The first kappa shape index (κ1) is 22.3. The molecule has 0 aliphatic carbocycles. The zero-order chi connectivity index (χ0) is 20.5. The first-order valence-corrected chi connectivity index (χ1v) is 10.3.